The van der Waals surface area contributed by atoms with E-state index < -0.39 is 5.97 Å². The zero-order valence-corrected chi connectivity index (χ0v) is 18.4. The van der Waals surface area contributed by atoms with Crippen LogP contribution in [0.2, 0.25) is 5.02 Å². The van der Waals surface area contributed by atoms with Crippen LogP contribution >= 0.6 is 11.6 Å². The Hall–Kier alpha value is -2.77. The Morgan fingerprint density at radius 3 is 2.03 bits per heavy atom. The fourth-order valence-corrected chi connectivity index (χ4v) is 2.68. The Kier molecular flexibility index (Phi) is 11.3. The molecule has 0 aliphatic rings. The van der Waals surface area contributed by atoms with E-state index in [2.05, 4.69) is 18.7 Å². The molecule has 30 heavy (non-hydrogen) atoms. The van der Waals surface area contributed by atoms with E-state index in [0.29, 0.717) is 40.7 Å². The lowest BCUT2D eigenvalue weighted by Gasteiger charge is -2.17. The van der Waals surface area contributed by atoms with Crippen LogP contribution < -0.4 is 11.5 Å². The summed E-state index contributed by atoms with van der Waals surface area (Å²) >= 11 is 5.93. The quantitative estimate of drug-likeness (QED) is 0.478. The normalized spacial score (nSPS) is 10.2. The number of rotatable bonds is 8. The van der Waals surface area contributed by atoms with Gasteiger partial charge in [-0.15, -0.1) is 0 Å². The van der Waals surface area contributed by atoms with E-state index in [0.717, 1.165) is 19.6 Å². The molecule has 0 atom stereocenters. The molecular formula is C22H30ClN3O4. The molecule has 2 aromatic rings. The first kappa shape index (κ1) is 25.3. The third kappa shape index (κ3) is 8.71. The highest BCUT2D eigenvalue weighted by molar-refractivity contribution is 6.33. The summed E-state index contributed by atoms with van der Waals surface area (Å²) in [6.07, 6.45) is 0. The van der Waals surface area contributed by atoms with Crippen molar-refractivity contribution in [1.82, 2.24) is 4.90 Å². The van der Waals surface area contributed by atoms with Crippen molar-refractivity contribution < 1.29 is 19.1 Å². The highest BCUT2D eigenvalue weighted by Crippen LogP contribution is 2.19. The smallest absolute Gasteiger partial charge is 0.339 e. The van der Waals surface area contributed by atoms with E-state index in [1.165, 1.54) is 0 Å². The standard InChI is InChI=1S/C13H19ClN2O2.C9H11NO2/c1-3-16(4-2)7-8-18-13(17)11-6-5-10(15)9-12(11)14;1-2-12-9(11)7-3-5-8(10)6-4-7/h5-6,9H,3-4,7-8,15H2,1-2H3;3-6H,2,10H2,1H3. The predicted molar refractivity (Wildman–Crippen MR) is 121 cm³/mol. The van der Waals surface area contributed by atoms with Crippen molar-refractivity contribution in [1.29, 1.82) is 0 Å². The van der Waals surface area contributed by atoms with Gasteiger partial charge in [-0.3, -0.25) is 0 Å². The van der Waals surface area contributed by atoms with Gasteiger partial charge in [0.1, 0.15) is 6.61 Å². The van der Waals surface area contributed by atoms with Crippen molar-refractivity contribution in [3.63, 3.8) is 0 Å². The van der Waals surface area contributed by atoms with Crippen LogP contribution in [-0.4, -0.2) is 49.7 Å². The second kappa shape index (κ2) is 13.5. The first-order valence-corrected chi connectivity index (χ1v) is 10.2. The molecule has 0 radical (unpaired) electrons. The van der Waals surface area contributed by atoms with Crippen LogP contribution in [0.25, 0.3) is 0 Å². The van der Waals surface area contributed by atoms with Crippen molar-refractivity contribution in [2.45, 2.75) is 20.8 Å². The second-order valence-electron chi connectivity index (χ2n) is 6.24. The number of likely N-dealkylation sites (N-methyl/N-ethyl adjacent to an activating group) is 1. The molecule has 7 nitrogen and oxygen atoms in total. The summed E-state index contributed by atoms with van der Waals surface area (Å²) in [5.41, 5.74) is 13.1. The van der Waals surface area contributed by atoms with E-state index in [4.69, 9.17) is 32.5 Å². The zero-order chi connectivity index (χ0) is 22.5. The lowest BCUT2D eigenvalue weighted by molar-refractivity contribution is 0.0465. The molecule has 0 unspecified atom stereocenters. The zero-order valence-electron chi connectivity index (χ0n) is 17.7. The number of ether oxygens (including phenoxy) is 2. The Morgan fingerprint density at radius 1 is 0.900 bits per heavy atom. The summed E-state index contributed by atoms with van der Waals surface area (Å²) in [6, 6.07) is 11.4. The molecule has 4 N–H and O–H groups in total. The molecule has 164 valence electrons. The van der Waals surface area contributed by atoms with E-state index >= 15 is 0 Å². The third-order valence-electron chi connectivity index (χ3n) is 4.17. The van der Waals surface area contributed by atoms with Crippen molar-refractivity contribution in [2.24, 2.45) is 0 Å². The van der Waals surface area contributed by atoms with E-state index in [-0.39, 0.29) is 5.97 Å². The first-order chi connectivity index (χ1) is 14.3. The maximum absolute atomic E-state index is 11.8. The molecule has 2 rings (SSSR count). The summed E-state index contributed by atoms with van der Waals surface area (Å²) < 4.78 is 9.97. The van der Waals surface area contributed by atoms with Crippen LogP contribution in [0.1, 0.15) is 41.5 Å². The fourth-order valence-electron chi connectivity index (χ4n) is 2.42. The van der Waals surface area contributed by atoms with Crippen LogP contribution in [0, 0.1) is 0 Å². The van der Waals surface area contributed by atoms with E-state index in [1.54, 1.807) is 49.4 Å². The number of carbonyl (C=O) groups excluding carboxylic acids is 2. The first-order valence-electron chi connectivity index (χ1n) is 9.79. The number of nitrogen functional groups attached to an aromatic ring is 2. The average molecular weight is 436 g/mol. The number of nitrogens with zero attached hydrogens (tertiary/aromatic N) is 1. The summed E-state index contributed by atoms with van der Waals surface area (Å²) in [6.45, 7) is 9.28. The minimum Gasteiger partial charge on any atom is -0.462 e. The maximum Gasteiger partial charge on any atom is 0.339 e. The van der Waals surface area contributed by atoms with Gasteiger partial charge in [-0.05, 0) is 62.5 Å². The molecular weight excluding hydrogens is 406 g/mol. The largest absolute Gasteiger partial charge is 0.462 e. The number of nitrogens with two attached hydrogens (primary N) is 2. The van der Waals surface area contributed by atoms with Gasteiger partial charge in [0.05, 0.1) is 22.8 Å². The summed E-state index contributed by atoms with van der Waals surface area (Å²) in [5.74, 6) is -0.718. The SMILES string of the molecule is CCN(CC)CCOC(=O)c1ccc(N)cc1Cl.CCOC(=O)c1ccc(N)cc1. The molecule has 0 heterocycles. The van der Waals surface area contributed by atoms with Gasteiger partial charge in [0.2, 0.25) is 0 Å². The van der Waals surface area contributed by atoms with Gasteiger partial charge in [0.15, 0.2) is 0 Å². The highest BCUT2D eigenvalue weighted by atomic mass is 35.5. The molecule has 0 aliphatic heterocycles. The lowest BCUT2D eigenvalue weighted by Crippen LogP contribution is -2.27. The predicted octanol–water partition coefficient (Wildman–Crippen LogP) is 3.87. The Labute approximate surface area is 182 Å². The van der Waals surface area contributed by atoms with Crippen molar-refractivity contribution in [2.75, 3.05) is 44.3 Å². The van der Waals surface area contributed by atoms with E-state index in [9.17, 15) is 9.59 Å². The molecule has 0 fully saturated rings. The van der Waals surface area contributed by atoms with Gasteiger partial charge in [-0.1, -0.05) is 25.4 Å². The summed E-state index contributed by atoms with van der Waals surface area (Å²) in [4.78, 5) is 25.0. The lowest BCUT2D eigenvalue weighted by atomic mass is 10.2. The molecule has 0 saturated heterocycles. The van der Waals surface area contributed by atoms with Crippen LogP contribution in [0.15, 0.2) is 42.5 Å². The van der Waals surface area contributed by atoms with Gasteiger partial charge >= 0.3 is 11.9 Å². The fraction of sp³-hybridized carbons (Fsp3) is 0.364. The molecule has 0 saturated carbocycles. The molecule has 0 aliphatic carbocycles. The third-order valence-corrected chi connectivity index (χ3v) is 4.48. The monoisotopic (exact) mass is 435 g/mol. The number of halogens is 1. The number of esters is 2. The molecule has 0 spiro atoms. The van der Waals surface area contributed by atoms with Gasteiger partial charge < -0.3 is 25.8 Å². The second-order valence-corrected chi connectivity index (χ2v) is 6.65. The summed E-state index contributed by atoms with van der Waals surface area (Å²) in [7, 11) is 0. The Balaban J connectivity index is 0.000000325. The number of hydrogen-bond donors (Lipinski definition) is 2. The number of carbonyl (C=O) groups is 2. The van der Waals surface area contributed by atoms with Crippen LogP contribution in [0.3, 0.4) is 0 Å². The Bertz CT molecular complexity index is 809. The average Bonchev–Trinajstić information content (AvgIpc) is 2.72. The number of hydrogen-bond acceptors (Lipinski definition) is 7. The molecule has 0 amide bonds. The van der Waals surface area contributed by atoms with Gasteiger partial charge in [0, 0.05) is 17.9 Å². The van der Waals surface area contributed by atoms with Crippen molar-refractivity contribution in [3.05, 3.63) is 58.6 Å². The topological polar surface area (TPSA) is 108 Å². The van der Waals surface area contributed by atoms with Gasteiger partial charge in [-0.25, -0.2) is 9.59 Å². The van der Waals surface area contributed by atoms with Gasteiger partial charge in [0.25, 0.3) is 0 Å². The van der Waals surface area contributed by atoms with Gasteiger partial charge in [-0.2, -0.15) is 0 Å². The highest BCUT2D eigenvalue weighted by Gasteiger charge is 2.12. The number of benzene rings is 2. The Morgan fingerprint density at radius 2 is 1.50 bits per heavy atom. The molecule has 0 bridgehead atoms. The van der Waals surface area contributed by atoms with Crippen LogP contribution in [0.5, 0.6) is 0 Å². The minimum atomic E-state index is -0.410. The maximum atomic E-state index is 11.8. The van der Waals surface area contributed by atoms with Crippen molar-refractivity contribution in [3.8, 4) is 0 Å². The minimum absolute atomic E-state index is 0.308. The summed E-state index contributed by atoms with van der Waals surface area (Å²) in [5, 5.41) is 0.322. The van der Waals surface area contributed by atoms with Crippen LogP contribution in [-0.2, 0) is 9.47 Å². The molecule has 8 heteroatoms. The van der Waals surface area contributed by atoms with E-state index in [1.807, 2.05) is 0 Å². The molecule has 0 aromatic heterocycles. The van der Waals surface area contributed by atoms with Crippen molar-refractivity contribution >= 4 is 34.9 Å². The molecule has 2 aromatic carbocycles. The van der Waals surface area contributed by atoms with Crippen LogP contribution in [0.4, 0.5) is 11.4 Å². The number of anilines is 2.